The van der Waals surface area contributed by atoms with Gasteiger partial charge < -0.3 is 9.47 Å². The summed E-state index contributed by atoms with van der Waals surface area (Å²) >= 11 is 5.82. The van der Waals surface area contributed by atoms with Gasteiger partial charge in [-0.05, 0) is 23.6 Å². The molecule has 3 heteroatoms. The standard InChI is InChI=1S/C14H21ClO2/c1-4-11(5-2)10-17-14-8-12(9-15)6-7-13(14)16-3/h6-8,11H,4-5,9-10H2,1-3H3. The molecule has 1 aromatic rings. The lowest BCUT2D eigenvalue weighted by molar-refractivity contribution is 0.230. The van der Waals surface area contributed by atoms with Crippen LogP contribution >= 0.6 is 11.6 Å². The molecule has 0 atom stereocenters. The molecule has 1 aromatic carbocycles. The molecule has 17 heavy (non-hydrogen) atoms. The van der Waals surface area contributed by atoms with Gasteiger partial charge >= 0.3 is 0 Å². The third-order valence-corrected chi connectivity index (χ3v) is 3.32. The number of halogens is 1. The molecule has 96 valence electrons. The summed E-state index contributed by atoms with van der Waals surface area (Å²) in [6.07, 6.45) is 2.27. The van der Waals surface area contributed by atoms with E-state index >= 15 is 0 Å². The lowest BCUT2D eigenvalue weighted by Crippen LogP contribution is -2.10. The summed E-state index contributed by atoms with van der Waals surface area (Å²) in [5, 5.41) is 0. The molecule has 0 aliphatic rings. The Hall–Kier alpha value is -0.890. The number of hydrogen-bond acceptors (Lipinski definition) is 2. The van der Waals surface area contributed by atoms with Crippen molar-refractivity contribution in [1.82, 2.24) is 0 Å². The number of rotatable bonds is 7. The first-order chi connectivity index (χ1) is 8.24. The highest BCUT2D eigenvalue weighted by atomic mass is 35.5. The number of methoxy groups -OCH3 is 1. The minimum Gasteiger partial charge on any atom is -0.493 e. The van der Waals surface area contributed by atoms with Crippen LogP contribution in [0.2, 0.25) is 0 Å². The average molecular weight is 257 g/mol. The van der Waals surface area contributed by atoms with Crippen molar-refractivity contribution < 1.29 is 9.47 Å². The van der Waals surface area contributed by atoms with Gasteiger partial charge in [0.05, 0.1) is 13.7 Å². The molecule has 0 aliphatic heterocycles. The summed E-state index contributed by atoms with van der Waals surface area (Å²) < 4.78 is 11.1. The molecule has 0 bridgehead atoms. The minimum absolute atomic E-state index is 0.491. The van der Waals surface area contributed by atoms with E-state index in [9.17, 15) is 0 Å². The van der Waals surface area contributed by atoms with E-state index in [2.05, 4.69) is 13.8 Å². The Labute approximate surface area is 109 Å². The highest BCUT2D eigenvalue weighted by molar-refractivity contribution is 6.17. The van der Waals surface area contributed by atoms with Gasteiger partial charge in [0.2, 0.25) is 0 Å². The maximum atomic E-state index is 5.83. The van der Waals surface area contributed by atoms with Crippen LogP contribution in [0.15, 0.2) is 18.2 Å². The van der Waals surface area contributed by atoms with Crippen LogP contribution < -0.4 is 9.47 Å². The van der Waals surface area contributed by atoms with Crippen molar-refractivity contribution in [2.75, 3.05) is 13.7 Å². The maximum absolute atomic E-state index is 5.83. The summed E-state index contributed by atoms with van der Waals surface area (Å²) in [5.74, 6) is 2.65. The second-order valence-electron chi connectivity index (χ2n) is 4.11. The Kier molecular flexibility index (Phi) is 6.20. The van der Waals surface area contributed by atoms with Gasteiger partial charge in [0, 0.05) is 5.88 Å². The van der Waals surface area contributed by atoms with E-state index in [4.69, 9.17) is 21.1 Å². The number of benzene rings is 1. The van der Waals surface area contributed by atoms with E-state index in [-0.39, 0.29) is 0 Å². The largest absolute Gasteiger partial charge is 0.493 e. The van der Waals surface area contributed by atoms with Crippen LogP contribution in [-0.2, 0) is 5.88 Å². The fourth-order valence-corrected chi connectivity index (χ4v) is 1.82. The van der Waals surface area contributed by atoms with Crippen molar-refractivity contribution in [1.29, 1.82) is 0 Å². The van der Waals surface area contributed by atoms with Crippen LogP contribution in [0.4, 0.5) is 0 Å². The van der Waals surface area contributed by atoms with Gasteiger partial charge in [0.25, 0.3) is 0 Å². The molecule has 0 saturated carbocycles. The Bertz CT molecular complexity index is 335. The lowest BCUT2D eigenvalue weighted by Gasteiger charge is -2.16. The van der Waals surface area contributed by atoms with Gasteiger partial charge in [0.15, 0.2) is 11.5 Å². The highest BCUT2D eigenvalue weighted by Crippen LogP contribution is 2.29. The summed E-state index contributed by atoms with van der Waals surface area (Å²) in [5.41, 5.74) is 1.05. The molecule has 0 saturated heterocycles. The van der Waals surface area contributed by atoms with Crippen LogP contribution in [0.3, 0.4) is 0 Å². The molecule has 0 N–H and O–H groups in total. The Balaban J connectivity index is 2.73. The Morgan fingerprint density at radius 3 is 2.41 bits per heavy atom. The number of hydrogen-bond donors (Lipinski definition) is 0. The Morgan fingerprint density at radius 1 is 1.18 bits per heavy atom. The predicted molar refractivity (Wildman–Crippen MR) is 72.1 cm³/mol. The van der Waals surface area contributed by atoms with Gasteiger partial charge in [-0.2, -0.15) is 0 Å². The first-order valence-electron chi connectivity index (χ1n) is 6.10. The van der Waals surface area contributed by atoms with Crippen LogP contribution in [0, 0.1) is 5.92 Å². The van der Waals surface area contributed by atoms with Crippen LogP contribution in [-0.4, -0.2) is 13.7 Å². The van der Waals surface area contributed by atoms with Crippen LogP contribution in [0.1, 0.15) is 32.3 Å². The molecule has 0 fully saturated rings. The summed E-state index contributed by atoms with van der Waals surface area (Å²) in [6, 6.07) is 5.81. The zero-order valence-corrected chi connectivity index (χ0v) is 11.6. The monoisotopic (exact) mass is 256 g/mol. The van der Waals surface area contributed by atoms with Crippen molar-refractivity contribution in [3.05, 3.63) is 23.8 Å². The third-order valence-electron chi connectivity index (χ3n) is 3.01. The summed E-state index contributed by atoms with van der Waals surface area (Å²) in [6.45, 7) is 5.10. The van der Waals surface area contributed by atoms with Crippen molar-refractivity contribution >= 4 is 11.6 Å². The van der Waals surface area contributed by atoms with Crippen molar-refractivity contribution in [2.45, 2.75) is 32.6 Å². The van der Waals surface area contributed by atoms with Gasteiger partial charge in [-0.3, -0.25) is 0 Å². The molecular weight excluding hydrogens is 236 g/mol. The molecule has 0 radical (unpaired) electrons. The van der Waals surface area contributed by atoms with Crippen molar-refractivity contribution in [2.24, 2.45) is 5.92 Å². The highest BCUT2D eigenvalue weighted by Gasteiger charge is 2.09. The van der Waals surface area contributed by atoms with Crippen molar-refractivity contribution in [3.63, 3.8) is 0 Å². The van der Waals surface area contributed by atoms with Gasteiger partial charge in [-0.15, -0.1) is 11.6 Å². The van der Waals surface area contributed by atoms with Crippen LogP contribution in [0.5, 0.6) is 11.5 Å². The quantitative estimate of drug-likeness (QED) is 0.679. The number of ether oxygens (including phenoxy) is 2. The zero-order chi connectivity index (χ0) is 12.7. The van der Waals surface area contributed by atoms with E-state index in [1.807, 2.05) is 18.2 Å². The molecule has 0 aliphatic carbocycles. The van der Waals surface area contributed by atoms with E-state index in [0.29, 0.717) is 11.8 Å². The first kappa shape index (κ1) is 14.2. The molecule has 0 aromatic heterocycles. The molecule has 0 amide bonds. The van der Waals surface area contributed by atoms with Crippen LogP contribution in [0.25, 0.3) is 0 Å². The molecule has 0 unspecified atom stereocenters. The second-order valence-corrected chi connectivity index (χ2v) is 4.38. The SMILES string of the molecule is CCC(CC)COc1cc(CCl)ccc1OC. The van der Waals surface area contributed by atoms with E-state index in [1.165, 1.54) is 0 Å². The number of alkyl halides is 1. The molecule has 0 spiro atoms. The normalized spacial score (nSPS) is 10.6. The zero-order valence-electron chi connectivity index (χ0n) is 10.8. The average Bonchev–Trinajstić information content (AvgIpc) is 2.39. The van der Waals surface area contributed by atoms with Gasteiger partial charge in [0.1, 0.15) is 0 Å². The topological polar surface area (TPSA) is 18.5 Å². The second kappa shape index (κ2) is 7.44. The first-order valence-corrected chi connectivity index (χ1v) is 6.64. The smallest absolute Gasteiger partial charge is 0.161 e. The lowest BCUT2D eigenvalue weighted by atomic mass is 10.1. The minimum atomic E-state index is 0.491. The van der Waals surface area contributed by atoms with Gasteiger partial charge in [-0.1, -0.05) is 32.8 Å². The maximum Gasteiger partial charge on any atom is 0.161 e. The molecular formula is C14H21ClO2. The molecule has 2 nitrogen and oxygen atoms in total. The predicted octanol–water partition coefficient (Wildman–Crippen LogP) is 4.25. The summed E-state index contributed by atoms with van der Waals surface area (Å²) in [7, 11) is 1.65. The van der Waals surface area contributed by atoms with E-state index in [1.54, 1.807) is 7.11 Å². The molecule has 1 rings (SSSR count). The van der Waals surface area contributed by atoms with Gasteiger partial charge in [-0.25, -0.2) is 0 Å². The molecule has 0 heterocycles. The fraction of sp³-hybridized carbons (Fsp3) is 0.571. The Morgan fingerprint density at radius 2 is 1.88 bits per heavy atom. The third kappa shape index (κ3) is 4.12. The fourth-order valence-electron chi connectivity index (χ4n) is 1.65. The van der Waals surface area contributed by atoms with Crippen molar-refractivity contribution in [3.8, 4) is 11.5 Å². The van der Waals surface area contributed by atoms with E-state index < -0.39 is 0 Å². The van der Waals surface area contributed by atoms with E-state index in [0.717, 1.165) is 36.5 Å². The summed E-state index contributed by atoms with van der Waals surface area (Å²) in [4.78, 5) is 0.